The normalized spacial score (nSPS) is 19.6. The van der Waals surface area contributed by atoms with E-state index >= 15 is 0 Å². The van der Waals surface area contributed by atoms with Crippen LogP contribution in [0.1, 0.15) is 26.3 Å². The largest absolute Gasteiger partial charge is 0.367 e. The van der Waals surface area contributed by atoms with Crippen molar-refractivity contribution in [2.24, 2.45) is 5.92 Å². The summed E-state index contributed by atoms with van der Waals surface area (Å²) in [6.07, 6.45) is 0. The monoisotopic (exact) mass is 296 g/mol. The van der Waals surface area contributed by atoms with E-state index in [1.807, 2.05) is 23.9 Å². The summed E-state index contributed by atoms with van der Waals surface area (Å²) in [5.74, 6) is 1.61. The predicted molar refractivity (Wildman–Crippen MR) is 87.1 cm³/mol. The van der Waals surface area contributed by atoms with Gasteiger partial charge in [0.05, 0.1) is 5.69 Å². The number of halogens is 1. The highest BCUT2D eigenvalue weighted by atomic mass is 32.2. The molecule has 20 heavy (non-hydrogen) atoms. The van der Waals surface area contributed by atoms with Crippen molar-refractivity contribution in [3.05, 3.63) is 29.6 Å². The molecule has 0 saturated carbocycles. The fourth-order valence-electron chi connectivity index (χ4n) is 2.46. The fourth-order valence-corrected chi connectivity index (χ4v) is 3.47. The molecule has 0 radical (unpaired) electrons. The molecule has 1 fully saturated rings. The minimum atomic E-state index is -0.0899. The van der Waals surface area contributed by atoms with E-state index in [0.717, 1.165) is 43.2 Å². The lowest BCUT2D eigenvalue weighted by molar-refractivity contribution is 0.549. The van der Waals surface area contributed by atoms with E-state index < -0.39 is 0 Å². The summed E-state index contributed by atoms with van der Waals surface area (Å²) in [5, 5.41) is 3.93. The maximum atomic E-state index is 14.3. The Balaban J connectivity index is 1.98. The Labute approximate surface area is 126 Å². The lowest BCUT2D eigenvalue weighted by Crippen LogP contribution is -2.37. The zero-order valence-corrected chi connectivity index (χ0v) is 13.5. The number of thioether (sulfide) groups is 1. The smallest absolute Gasteiger partial charge is 0.146 e. The van der Waals surface area contributed by atoms with E-state index in [9.17, 15) is 4.39 Å². The Morgan fingerprint density at radius 1 is 1.45 bits per heavy atom. The van der Waals surface area contributed by atoms with Crippen molar-refractivity contribution in [3.63, 3.8) is 0 Å². The van der Waals surface area contributed by atoms with Crippen LogP contribution in [-0.2, 0) is 6.54 Å². The molecule has 1 unspecified atom stereocenters. The van der Waals surface area contributed by atoms with Gasteiger partial charge < -0.3 is 10.2 Å². The van der Waals surface area contributed by atoms with Crippen LogP contribution < -0.4 is 10.2 Å². The molecule has 1 N–H and O–H groups in total. The maximum Gasteiger partial charge on any atom is 0.146 e. The van der Waals surface area contributed by atoms with Crippen molar-refractivity contribution in [2.75, 3.05) is 30.3 Å². The number of hydrogen-bond donors (Lipinski definition) is 1. The Bertz CT molecular complexity index is 436. The highest BCUT2D eigenvalue weighted by Crippen LogP contribution is 2.26. The van der Waals surface area contributed by atoms with Crippen molar-refractivity contribution in [3.8, 4) is 0 Å². The molecule has 0 aromatic heterocycles. The van der Waals surface area contributed by atoms with Gasteiger partial charge in [-0.05, 0) is 30.2 Å². The molecule has 1 aromatic rings. The van der Waals surface area contributed by atoms with Gasteiger partial charge in [0.2, 0.25) is 0 Å². The predicted octanol–water partition coefficient (Wildman–Crippen LogP) is 3.51. The van der Waals surface area contributed by atoms with Gasteiger partial charge in [-0.3, -0.25) is 0 Å². The van der Waals surface area contributed by atoms with E-state index in [2.05, 4.69) is 31.0 Å². The molecule has 0 bridgehead atoms. The SMILES string of the molecule is CC(C)CNCc1ccc(N2CCSC(C)C2)c(F)c1. The lowest BCUT2D eigenvalue weighted by Gasteiger charge is -2.32. The Morgan fingerprint density at radius 2 is 2.25 bits per heavy atom. The first-order valence-corrected chi connectivity index (χ1v) is 8.47. The minimum Gasteiger partial charge on any atom is -0.367 e. The number of anilines is 1. The topological polar surface area (TPSA) is 15.3 Å². The van der Waals surface area contributed by atoms with E-state index in [1.165, 1.54) is 0 Å². The van der Waals surface area contributed by atoms with E-state index in [4.69, 9.17) is 0 Å². The molecule has 112 valence electrons. The quantitative estimate of drug-likeness (QED) is 0.895. The summed E-state index contributed by atoms with van der Waals surface area (Å²) in [6, 6.07) is 5.65. The van der Waals surface area contributed by atoms with Gasteiger partial charge in [-0.1, -0.05) is 26.8 Å². The molecule has 2 rings (SSSR count). The summed E-state index contributed by atoms with van der Waals surface area (Å²) in [6.45, 7) is 10.1. The molecule has 1 aliphatic rings. The minimum absolute atomic E-state index is 0.0899. The van der Waals surface area contributed by atoms with Crippen LogP contribution >= 0.6 is 11.8 Å². The second-order valence-electron chi connectivity index (χ2n) is 5.94. The summed E-state index contributed by atoms with van der Waals surface area (Å²) < 4.78 is 14.3. The third-order valence-electron chi connectivity index (χ3n) is 3.48. The second-order valence-corrected chi connectivity index (χ2v) is 7.48. The third-order valence-corrected chi connectivity index (χ3v) is 4.61. The molecular weight excluding hydrogens is 271 g/mol. The van der Waals surface area contributed by atoms with Gasteiger partial charge in [0, 0.05) is 30.6 Å². The van der Waals surface area contributed by atoms with Gasteiger partial charge in [0.15, 0.2) is 0 Å². The molecule has 1 atom stereocenters. The molecule has 1 aromatic carbocycles. The van der Waals surface area contributed by atoms with Crippen molar-refractivity contribution in [1.29, 1.82) is 0 Å². The fraction of sp³-hybridized carbons (Fsp3) is 0.625. The van der Waals surface area contributed by atoms with Crippen molar-refractivity contribution >= 4 is 17.4 Å². The zero-order chi connectivity index (χ0) is 14.5. The Hall–Kier alpha value is -0.740. The average molecular weight is 296 g/mol. The van der Waals surface area contributed by atoms with Crippen LogP contribution in [0.15, 0.2) is 18.2 Å². The summed E-state index contributed by atoms with van der Waals surface area (Å²) in [5.41, 5.74) is 1.77. The number of benzene rings is 1. The van der Waals surface area contributed by atoms with Crippen molar-refractivity contribution < 1.29 is 4.39 Å². The molecule has 0 amide bonds. The Morgan fingerprint density at radius 3 is 2.90 bits per heavy atom. The van der Waals surface area contributed by atoms with Crippen LogP contribution in [0.25, 0.3) is 0 Å². The Kier molecular flexibility index (Phi) is 5.73. The van der Waals surface area contributed by atoms with E-state index in [1.54, 1.807) is 6.07 Å². The highest BCUT2D eigenvalue weighted by Gasteiger charge is 2.19. The number of nitrogens with one attached hydrogen (secondary N) is 1. The molecule has 0 aliphatic carbocycles. The van der Waals surface area contributed by atoms with Gasteiger partial charge in [0.25, 0.3) is 0 Å². The van der Waals surface area contributed by atoms with Crippen molar-refractivity contribution in [1.82, 2.24) is 5.32 Å². The summed E-state index contributed by atoms with van der Waals surface area (Å²) in [7, 11) is 0. The van der Waals surface area contributed by atoms with Crippen LogP contribution in [-0.4, -0.2) is 30.6 Å². The second kappa shape index (κ2) is 7.32. The van der Waals surface area contributed by atoms with Crippen LogP contribution in [0.3, 0.4) is 0 Å². The first-order chi connectivity index (χ1) is 9.56. The van der Waals surface area contributed by atoms with Gasteiger partial charge in [-0.2, -0.15) is 11.8 Å². The first-order valence-electron chi connectivity index (χ1n) is 7.42. The first kappa shape index (κ1) is 15.6. The molecule has 1 aliphatic heterocycles. The van der Waals surface area contributed by atoms with Crippen molar-refractivity contribution in [2.45, 2.75) is 32.6 Å². The highest BCUT2D eigenvalue weighted by molar-refractivity contribution is 8.00. The van der Waals surface area contributed by atoms with E-state index in [0.29, 0.717) is 11.2 Å². The maximum absolute atomic E-state index is 14.3. The summed E-state index contributed by atoms with van der Waals surface area (Å²) in [4.78, 5) is 2.17. The third kappa shape index (κ3) is 4.38. The molecule has 0 spiro atoms. The zero-order valence-electron chi connectivity index (χ0n) is 12.7. The van der Waals surface area contributed by atoms with Crippen LogP contribution in [0.2, 0.25) is 0 Å². The molecule has 1 heterocycles. The molecule has 4 heteroatoms. The van der Waals surface area contributed by atoms with Crippen LogP contribution in [0.4, 0.5) is 10.1 Å². The van der Waals surface area contributed by atoms with Gasteiger partial charge in [0.1, 0.15) is 5.82 Å². The van der Waals surface area contributed by atoms with Crippen LogP contribution in [0, 0.1) is 11.7 Å². The molecule has 2 nitrogen and oxygen atoms in total. The van der Waals surface area contributed by atoms with Gasteiger partial charge >= 0.3 is 0 Å². The molecular formula is C16H25FN2S. The van der Waals surface area contributed by atoms with E-state index in [-0.39, 0.29) is 5.82 Å². The van der Waals surface area contributed by atoms with Gasteiger partial charge in [-0.15, -0.1) is 0 Å². The number of nitrogens with zero attached hydrogens (tertiary/aromatic N) is 1. The molecule has 1 saturated heterocycles. The average Bonchev–Trinajstić information content (AvgIpc) is 2.38. The standard InChI is InChI=1S/C16H25FN2S/c1-12(2)9-18-10-14-4-5-16(15(17)8-14)19-6-7-20-13(3)11-19/h4-5,8,12-13,18H,6-7,9-11H2,1-3H3. The number of rotatable bonds is 5. The van der Waals surface area contributed by atoms with Gasteiger partial charge in [-0.25, -0.2) is 4.39 Å². The van der Waals surface area contributed by atoms with Crippen LogP contribution in [0.5, 0.6) is 0 Å². The lowest BCUT2D eigenvalue weighted by atomic mass is 10.1. The number of hydrogen-bond acceptors (Lipinski definition) is 3. The summed E-state index contributed by atoms with van der Waals surface area (Å²) >= 11 is 1.97.